The van der Waals surface area contributed by atoms with Gasteiger partial charge < -0.3 is 10.2 Å². The highest BCUT2D eigenvalue weighted by Gasteiger charge is 2.20. The number of nitrogen functional groups attached to an aromatic ring is 1. The minimum atomic E-state index is 0.0459. The first-order chi connectivity index (χ1) is 13.7. The van der Waals surface area contributed by atoms with Crippen LogP contribution in [0.15, 0.2) is 65.4 Å². The van der Waals surface area contributed by atoms with Crippen molar-refractivity contribution in [2.75, 3.05) is 5.73 Å². The lowest BCUT2D eigenvalue weighted by Crippen LogP contribution is -1.95. The van der Waals surface area contributed by atoms with E-state index in [0.717, 1.165) is 40.1 Å². The summed E-state index contributed by atoms with van der Waals surface area (Å²) in [6, 6.07) is 13.7. The van der Waals surface area contributed by atoms with E-state index in [-0.39, 0.29) is 6.01 Å². The standard InChI is InChI=1S/C21H14ClN5O/c22-17-4-2-1-3-15(17)19-11-24-10-18(25-19)14-8-7-12-5-6-13(9-16(12)14)20-26-27-21(23)28-20/h1-6,8-11H,7H2,(H2,23,27). The Morgan fingerprint density at radius 2 is 1.82 bits per heavy atom. The van der Waals surface area contributed by atoms with Gasteiger partial charge in [-0.1, -0.05) is 47.0 Å². The zero-order chi connectivity index (χ0) is 19.1. The fourth-order valence-corrected chi connectivity index (χ4v) is 3.58. The smallest absolute Gasteiger partial charge is 0.313 e. The second kappa shape index (κ2) is 6.58. The number of allylic oxidation sites excluding steroid dienone is 1. The van der Waals surface area contributed by atoms with Crippen LogP contribution in [0, 0.1) is 0 Å². The molecule has 136 valence electrons. The Kier molecular flexibility index (Phi) is 3.91. The number of benzene rings is 2. The molecule has 0 amide bonds. The van der Waals surface area contributed by atoms with Crippen molar-refractivity contribution >= 4 is 23.2 Å². The maximum atomic E-state index is 6.33. The van der Waals surface area contributed by atoms with Gasteiger partial charge in [-0.3, -0.25) is 4.98 Å². The van der Waals surface area contributed by atoms with Gasteiger partial charge in [0.05, 0.1) is 28.8 Å². The summed E-state index contributed by atoms with van der Waals surface area (Å²) in [6.07, 6.45) is 6.46. The first-order valence-corrected chi connectivity index (χ1v) is 9.07. The van der Waals surface area contributed by atoms with E-state index in [2.05, 4.69) is 27.3 Å². The van der Waals surface area contributed by atoms with E-state index in [1.54, 1.807) is 12.4 Å². The number of hydrogen-bond donors (Lipinski definition) is 1. The Labute approximate surface area is 165 Å². The van der Waals surface area contributed by atoms with Gasteiger partial charge in [0.25, 0.3) is 0 Å². The number of aromatic nitrogens is 4. The van der Waals surface area contributed by atoms with E-state index >= 15 is 0 Å². The summed E-state index contributed by atoms with van der Waals surface area (Å²) in [4.78, 5) is 9.19. The SMILES string of the molecule is Nc1nnc(-c2ccc3c(c2)C(c2cncc(-c4ccccc4Cl)n2)=CC3)o1. The van der Waals surface area contributed by atoms with Gasteiger partial charge in [0.1, 0.15) is 0 Å². The zero-order valence-corrected chi connectivity index (χ0v) is 15.4. The average molecular weight is 388 g/mol. The van der Waals surface area contributed by atoms with Crippen LogP contribution in [0.4, 0.5) is 6.01 Å². The largest absolute Gasteiger partial charge is 0.404 e. The number of nitrogens with two attached hydrogens (primary N) is 1. The molecule has 0 saturated heterocycles. The number of nitrogens with zero attached hydrogens (tertiary/aromatic N) is 4. The molecule has 0 atom stereocenters. The van der Waals surface area contributed by atoms with Crippen molar-refractivity contribution < 1.29 is 4.42 Å². The van der Waals surface area contributed by atoms with Crippen LogP contribution in [0.25, 0.3) is 28.3 Å². The summed E-state index contributed by atoms with van der Waals surface area (Å²) >= 11 is 6.33. The highest BCUT2D eigenvalue weighted by molar-refractivity contribution is 6.33. The fourth-order valence-electron chi connectivity index (χ4n) is 3.35. The molecular weight excluding hydrogens is 374 g/mol. The van der Waals surface area contributed by atoms with Gasteiger partial charge in [0.15, 0.2) is 0 Å². The Balaban J connectivity index is 1.56. The molecule has 0 unspecified atom stereocenters. The third kappa shape index (κ3) is 2.84. The van der Waals surface area contributed by atoms with Gasteiger partial charge in [-0.25, -0.2) is 4.98 Å². The number of rotatable bonds is 3. The van der Waals surface area contributed by atoms with Crippen LogP contribution in [-0.4, -0.2) is 20.2 Å². The number of halogens is 1. The van der Waals surface area contributed by atoms with Crippen LogP contribution in [0.1, 0.15) is 16.8 Å². The molecule has 5 rings (SSSR count). The predicted molar refractivity (Wildman–Crippen MR) is 107 cm³/mol. The van der Waals surface area contributed by atoms with Crippen molar-refractivity contribution in [1.29, 1.82) is 0 Å². The van der Waals surface area contributed by atoms with Gasteiger partial charge in [-0.15, -0.1) is 5.10 Å². The van der Waals surface area contributed by atoms with Crippen molar-refractivity contribution in [1.82, 2.24) is 20.2 Å². The topological polar surface area (TPSA) is 90.7 Å². The van der Waals surface area contributed by atoms with Crippen LogP contribution < -0.4 is 5.73 Å². The van der Waals surface area contributed by atoms with Crippen LogP contribution in [0.3, 0.4) is 0 Å². The molecule has 0 bridgehead atoms. The molecule has 4 aromatic rings. The van der Waals surface area contributed by atoms with Crippen molar-refractivity contribution in [2.24, 2.45) is 0 Å². The molecule has 2 aromatic heterocycles. The molecule has 2 N–H and O–H groups in total. The zero-order valence-electron chi connectivity index (χ0n) is 14.6. The molecule has 0 aliphatic heterocycles. The second-order valence-corrected chi connectivity index (χ2v) is 6.82. The molecule has 0 radical (unpaired) electrons. The molecule has 1 aliphatic rings. The third-order valence-corrected chi connectivity index (χ3v) is 5.00. The lowest BCUT2D eigenvalue weighted by atomic mass is 10.0. The van der Waals surface area contributed by atoms with E-state index in [4.69, 9.17) is 26.7 Å². The summed E-state index contributed by atoms with van der Waals surface area (Å²) in [5, 5.41) is 8.34. The van der Waals surface area contributed by atoms with Gasteiger partial charge in [0, 0.05) is 16.7 Å². The molecular formula is C21H14ClN5O. The Hall–Kier alpha value is -3.51. The van der Waals surface area contributed by atoms with E-state index in [1.807, 2.05) is 36.4 Å². The first-order valence-electron chi connectivity index (χ1n) is 8.69. The molecule has 0 fully saturated rings. The quantitative estimate of drug-likeness (QED) is 0.559. The summed E-state index contributed by atoms with van der Waals surface area (Å²) in [7, 11) is 0. The number of fused-ring (bicyclic) bond motifs is 1. The molecule has 0 saturated carbocycles. The number of anilines is 1. The van der Waals surface area contributed by atoms with E-state index in [0.29, 0.717) is 10.9 Å². The lowest BCUT2D eigenvalue weighted by Gasteiger charge is -2.09. The average Bonchev–Trinajstić information content (AvgIpc) is 3.34. The minimum Gasteiger partial charge on any atom is -0.404 e. The van der Waals surface area contributed by atoms with Crippen LogP contribution in [0.5, 0.6) is 0 Å². The van der Waals surface area contributed by atoms with E-state index < -0.39 is 0 Å². The molecule has 7 heteroatoms. The number of hydrogen-bond acceptors (Lipinski definition) is 6. The summed E-state index contributed by atoms with van der Waals surface area (Å²) in [6.45, 7) is 0. The highest BCUT2D eigenvalue weighted by Crippen LogP contribution is 2.35. The third-order valence-electron chi connectivity index (χ3n) is 4.67. The first kappa shape index (κ1) is 16.6. The predicted octanol–water partition coefficient (Wildman–Crippen LogP) is 4.42. The minimum absolute atomic E-state index is 0.0459. The van der Waals surface area contributed by atoms with Crippen molar-refractivity contribution in [2.45, 2.75) is 6.42 Å². The van der Waals surface area contributed by atoms with Gasteiger partial charge in [-0.2, -0.15) is 0 Å². The Morgan fingerprint density at radius 1 is 0.964 bits per heavy atom. The fraction of sp³-hybridized carbons (Fsp3) is 0.0476. The monoisotopic (exact) mass is 387 g/mol. The van der Waals surface area contributed by atoms with Crippen molar-refractivity contribution in [3.63, 3.8) is 0 Å². The molecule has 2 aromatic carbocycles. The summed E-state index contributed by atoms with van der Waals surface area (Å²) in [5.41, 5.74) is 12.0. The van der Waals surface area contributed by atoms with E-state index in [9.17, 15) is 0 Å². The van der Waals surface area contributed by atoms with Crippen LogP contribution in [-0.2, 0) is 6.42 Å². The molecule has 0 spiro atoms. The Bertz CT molecular complexity index is 1230. The normalized spacial score (nSPS) is 12.7. The van der Waals surface area contributed by atoms with E-state index in [1.165, 1.54) is 5.56 Å². The molecule has 28 heavy (non-hydrogen) atoms. The maximum absolute atomic E-state index is 6.33. The van der Waals surface area contributed by atoms with Crippen LogP contribution >= 0.6 is 11.6 Å². The summed E-state index contributed by atoms with van der Waals surface area (Å²) in [5.74, 6) is 0.391. The highest BCUT2D eigenvalue weighted by atomic mass is 35.5. The summed E-state index contributed by atoms with van der Waals surface area (Å²) < 4.78 is 5.35. The van der Waals surface area contributed by atoms with Gasteiger partial charge in [-0.05, 0) is 35.7 Å². The van der Waals surface area contributed by atoms with Gasteiger partial charge in [0.2, 0.25) is 5.89 Å². The van der Waals surface area contributed by atoms with Crippen molar-refractivity contribution in [3.8, 4) is 22.7 Å². The van der Waals surface area contributed by atoms with Crippen molar-refractivity contribution in [3.05, 3.63) is 82.8 Å². The van der Waals surface area contributed by atoms with Gasteiger partial charge >= 0.3 is 6.01 Å². The second-order valence-electron chi connectivity index (χ2n) is 6.41. The maximum Gasteiger partial charge on any atom is 0.313 e. The Morgan fingerprint density at radius 3 is 2.64 bits per heavy atom. The molecule has 6 nitrogen and oxygen atoms in total. The molecule has 2 heterocycles. The molecule has 1 aliphatic carbocycles. The lowest BCUT2D eigenvalue weighted by molar-refractivity contribution is 0.590. The van der Waals surface area contributed by atoms with Crippen LogP contribution in [0.2, 0.25) is 5.02 Å².